The second-order valence-corrected chi connectivity index (χ2v) is 10.1. The molecule has 1 saturated carbocycles. The number of hydrogen-bond donors (Lipinski definition) is 0. The summed E-state index contributed by atoms with van der Waals surface area (Å²) in [6, 6.07) is 0.372. The zero-order chi connectivity index (χ0) is 31.4. The Bertz CT molecular complexity index is 1320. The van der Waals surface area contributed by atoms with E-state index in [1.807, 2.05) is 0 Å². The number of fused-ring (bicyclic) bond motifs is 1. The number of nitrogens with zero attached hydrogens (tertiary/aromatic N) is 2. The van der Waals surface area contributed by atoms with Crippen molar-refractivity contribution in [1.82, 2.24) is 4.90 Å². The normalized spacial score (nSPS) is 19.8. The quantitative estimate of drug-likeness (QED) is 0.321. The minimum atomic E-state index is -5.24. The maximum atomic E-state index is 13.8. The highest BCUT2D eigenvalue weighted by Gasteiger charge is 2.55. The molecule has 2 aliphatic rings. The van der Waals surface area contributed by atoms with E-state index in [4.69, 9.17) is 9.47 Å². The van der Waals surface area contributed by atoms with Gasteiger partial charge in [-0.05, 0) is 73.2 Å². The number of amides is 2. The Morgan fingerprint density at radius 3 is 1.90 bits per heavy atom. The number of ether oxygens (including phenoxy) is 2. The third-order valence-electron chi connectivity index (χ3n) is 7.38. The number of carbonyl (C=O) groups is 2. The van der Waals surface area contributed by atoms with Gasteiger partial charge in [0.15, 0.2) is 0 Å². The molecule has 2 aromatic rings. The van der Waals surface area contributed by atoms with Gasteiger partial charge in [-0.1, -0.05) is 0 Å². The predicted molar refractivity (Wildman–Crippen MR) is 130 cm³/mol. The fourth-order valence-electron chi connectivity index (χ4n) is 5.51. The molecule has 1 aliphatic carbocycles. The van der Waals surface area contributed by atoms with Crippen LogP contribution in [0.4, 0.5) is 54.8 Å². The second kappa shape index (κ2) is 10.9. The Morgan fingerprint density at radius 2 is 1.45 bits per heavy atom. The number of rotatable bonds is 5. The maximum Gasteiger partial charge on any atom is 0.416 e. The highest BCUT2D eigenvalue weighted by Crippen LogP contribution is 2.57. The van der Waals surface area contributed by atoms with Crippen LogP contribution in [0.3, 0.4) is 0 Å². The third kappa shape index (κ3) is 5.95. The lowest BCUT2D eigenvalue weighted by atomic mass is 9.80. The molecule has 0 N–H and O–H groups in total. The molecule has 0 aromatic heterocycles. The summed E-state index contributed by atoms with van der Waals surface area (Å²) in [7, 11) is 1.98. The number of anilines is 1. The van der Waals surface area contributed by atoms with Crippen molar-refractivity contribution in [3.8, 4) is 0 Å². The molecule has 6 nitrogen and oxygen atoms in total. The monoisotopic (exact) mass is 612 g/mol. The average Bonchev–Trinajstić information content (AvgIpc) is 3.68. The summed E-state index contributed by atoms with van der Waals surface area (Å²) in [4.78, 5) is 27.7. The fourth-order valence-corrected chi connectivity index (χ4v) is 5.51. The molecule has 1 heterocycles. The number of halogens is 9. The van der Waals surface area contributed by atoms with Gasteiger partial charge < -0.3 is 14.4 Å². The van der Waals surface area contributed by atoms with Crippen LogP contribution in [0.15, 0.2) is 36.4 Å². The van der Waals surface area contributed by atoms with E-state index in [2.05, 4.69) is 0 Å². The Hall–Kier alpha value is -3.65. The lowest BCUT2D eigenvalue weighted by Crippen LogP contribution is -2.45. The van der Waals surface area contributed by atoms with Crippen molar-refractivity contribution in [2.75, 3.05) is 25.7 Å². The van der Waals surface area contributed by atoms with Crippen LogP contribution < -0.4 is 4.90 Å². The van der Waals surface area contributed by atoms with E-state index in [9.17, 15) is 49.1 Å². The first-order chi connectivity index (χ1) is 19.4. The minimum absolute atomic E-state index is 0.0605. The Balaban J connectivity index is 2.06. The lowest BCUT2D eigenvalue weighted by molar-refractivity contribution is -0.143. The molecule has 1 unspecified atom stereocenters. The minimum Gasteiger partial charge on any atom is -0.453 e. The van der Waals surface area contributed by atoms with Gasteiger partial charge in [-0.25, -0.2) is 9.59 Å². The van der Waals surface area contributed by atoms with Crippen molar-refractivity contribution in [2.45, 2.75) is 56.3 Å². The first-order valence-corrected chi connectivity index (χ1v) is 12.7. The van der Waals surface area contributed by atoms with Gasteiger partial charge in [0, 0.05) is 13.0 Å². The largest absolute Gasteiger partial charge is 0.453 e. The van der Waals surface area contributed by atoms with Gasteiger partial charge in [-0.15, -0.1) is 0 Å². The van der Waals surface area contributed by atoms with Gasteiger partial charge in [-0.2, -0.15) is 39.5 Å². The Labute approximate surface area is 234 Å². The molecular weight excluding hydrogens is 587 g/mol. The fraction of sp³-hybridized carbons (Fsp3) is 0.481. The topological polar surface area (TPSA) is 59.1 Å². The molecule has 3 atom stereocenters. The predicted octanol–water partition coefficient (Wildman–Crippen LogP) is 8.02. The standard InChI is InChI=1S/C27H25F9N2O4/c1-4-42-24(40)38-19-8-7-15(25(28,29)30)12-18(19)20(22(38)13-5-6-13)21(37(2)23(39)41-3)14-9-16(26(31,32)33)11-17(10-14)27(34,35)36/h7-13,20-22H,4-6H2,1-3H3/t20-,21?,22-/m1/s1. The number of methoxy groups -OCH3 is 1. The molecule has 0 radical (unpaired) electrons. The molecule has 230 valence electrons. The van der Waals surface area contributed by atoms with Crippen LogP contribution >= 0.6 is 0 Å². The number of alkyl halides is 9. The number of likely N-dealkylation sites (N-methyl/N-ethyl adjacent to an activating group) is 1. The van der Waals surface area contributed by atoms with E-state index in [1.54, 1.807) is 0 Å². The molecule has 2 aromatic carbocycles. The van der Waals surface area contributed by atoms with Crippen LogP contribution in [0.5, 0.6) is 0 Å². The van der Waals surface area contributed by atoms with Crippen molar-refractivity contribution in [1.29, 1.82) is 0 Å². The van der Waals surface area contributed by atoms with Crippen LogP contribution in [-0.2, 0) is 28.0 Å². The summed E-state index contributed by atoms with van der Waals surface area (Å²) in [6.07, 6.45) is -16.6. The van der Waals surface area contributed by atoms with Crippen LogP contribution in [0.2, 0.25) is 0 Å². The van der Waals surface area contributed by atoms with E-state index in [0.29, 0.717) is 37.1 Å². The van der Waals surface area contributed by atoms with Crippen LogP contribution in [0.1, 0.15) is 59.5 Å². The van der Waals surface area contributed by atoms with Crippen molar-refractivity contribution >= 4 is 17.9 Å². The summed E-state index contributed by atoms with van der Waals surface area (Å²) in [5.41, 5.74) is -5.43. The second-order valence-electron chi connectivity index (χ2n) is 10.1. The van der Waals surface area contributed by atoms with E-state index in [0.717, 1.165) is 30.0 Å². The zero-order valence-corrected chi connectivity index (χ0v) is 22.3. The molecule has 0 spiro atoms. The van der Waals surface area contributed by atoms with Crippen LogP contribution in [0, 0.1) is 5.92 Å². The molecule has 4 rings (SSSR count). The van der Waals surface area contributed by atoms with E-state index >= 15 is 0 Å². The van der Waals surface area contributed by atoms with Gasteiger partial charge in [-0.3, -0.25) is 4.90 Å². The Morgan fingerprint density at radius 1 is 0.905 bits per heavy atom. The van der Waals surface area contributed by atoms with Gasteiger partial charge in [0.1, 0.15) is 0 Å². The number of benzene rings is 2. The Kier molecular flexibility index (Phi) is 8.11. The molecule has 0 saturated heterocycles. The molecule has 42 heavy (non-hydrogen) atoms. The van der Waals surface area contributed by atoms with Crippen LogP contribution in [-0.4, -0.2) is 43.9 Å². The summed E-state index contributed by atoms with van der Waals surface area (Å²) in [5, 5.41) is 0. The van der Waals surface area contributed by atoms with Crippen molar-refractivity contribution in [3.63, 3.8) is 0 Å². The SMILES string of the molecule is CCOC(=O)N1c2ccc(C(F)(F)F)cc2[C@H](C(c2cc(C(F)(F)F)cc(C(F)(F)F)c2)N(C)C(=O)OC)[C@H]1C1CC1. The van der Waals surface area contributed by atoms with Crippen LogP contribution in [0.25, 0.3) is 0 Å². The third-order valence-corrected chi connectivity index (χ3v) is 7.38. The molecule has 15 heteroatoms. The van der Waals surface area contributed by atoms with E-state index in [1.165, 1.54) is 6.92 Å². The smallest absolute Gasteiger partial charge is 0.416 e. The number of hydrogen-bond acceptors (Lipinski definition) is 4. The van der Waals surface area contributed by atoms with Crippen molar-refractivity contribution in [3.05, 3.63) is 64.2 Å². The first-order valence-electron chi connectivity index (χ1n) is 12.7. The van der Waals surface area contributed by atoms with Gasteiger partial charge >= 0.3 is 30.7 Å². The van der Waals surface area contributed by atoms with Gasteiger partial charge in [0.2, 0.25) is 0 Å². The lowest BCUT2D eigenvalue weighted by Gasteiger charge is -2.37. The molecule has 1 aliphatic heterocycles. The highest BCUT2D eigenvalue weighted by atomic mass is 19.4. The first kappa shape index (κ1) is 31.3. The summed E-state index contributed by atoms with van der Waals surface area (Å²) in [6.45, 7) is 1.36. The van der Waals surface area contributed by atoms with Crippen molar-refractivity contribution in [2.24, 2.45) is 5.92 Å². The summed E-state index contributed by atoms with van der Waals surface area (Å²) in [5.74, 6) is -1.80. The molecule has 1 fully saturated rings. The average molecular weight is 612 g/mol. The number of carbonyl (C=O) groups excluding carboxylic acids is 2. The van der Waals surface area contributed by atoms with Gasteiger partial charge in [0.25, 0.3) is 0 Å². The molecular formula is C27H25F9N2O4. The maximum absolute atomic E-state index is 13.8. The highest BCUT2D eigenvalue weighted by molar-refractivity contribution is 5.92. The van der Waals surface area contributed by atoms with E-state index in [-0.39, 0.29) is 23.9 Å². The summed E-state index contributed by atoms with van der Waals surface area (Å²) >= 11 is 0. The van der Waals surface area contributed by atoms with Crippen molar-refractivity contribution < 1.29 is 58.6 Å². The summed E-state index contributed by atoms with van der Waals surface area (Å²) < 4.78 is 134. The molecule has 2 amide bonds. The zero-order valence-electron chi connectivity index (χ0n) is 22.3. The van der Waals surface area contributed by atoms with Gasteiger partial charge in [0.05, 0.1) is 48.2 Å². The van der Waals surface area contributed by atoms with E-state index < -0.39 is 76.9 Å². The molecule has 0 bridgehead atoms.